The Hall–Kier alpha value is -2.76. The molecule has 0 saturated carbocycles. The molecule has 0 fully saturated rings. The van der Waals surface area contributed by atoms with Gasteiger partial charge in [-0.05, 0) is 55.3 Å². The molecule has 0 bridgehead atoms. The Morgan fingerprint density at radius 2 is 1.96 bits per heavy atom. The minimum absolute atomic E-state index is 0.0974. The largest absolute Gasteiger partial charge is 0.435 e. The normalized spacial score (nSPS) is 11.2. The molecule has 1 N–H and O–H groups in total. The van der Waals surface area contributed by atoms with Gasteiger partial charge in [-0.2, -0.15) is 8.78 Å². The van der Waals surface area contributed by atoms with Crippen molar-refractivity contribution < 1.29 is 13.5 Å². The van der Waals surface area contributed by atoms with E-state index in [0.717, 1.165) is 10.9 Å². The zero-order chi connectivity index (χ0) is 16.6. The summed E-state index contributed by atoms with van der Waals surface area (Å²) in [5, 5.41) is 0.719. The molecule has 6 heteroatoms. The zero-order valence-electron chi connectivity index (χ0n) is 12.6. The zero-order valence-corrected chi connectivity index (χ0v) is 12.6. The van der Waals surface area contributed by atoms with E-state index in [-0.39, 0.29) is 11.3 Å². The second-order valence-corrected chi connectivity index (χ2v) is 5.25. The summed E-state index contributed by atoms with van der Waals surface area (Å²) < 4.78 is 29.3. The van der Waals surface area contributed by atoms with Crippen molar-refractivity contribution in [3.05, 3.63) is 58.0 Å². The predicted molar refractivity (Wildman–Crippen MR) is 83.9 cm³/mol. The van der Waals surface area contributed by atoms with Crippen LogP contribution in [0.15, 0.2) is 41.3 Å². The number of H-pyrrole nitrogens is 1. The molecule has 0 spiro atoms. The summed E-state index contributed by atoms with van der Waals surface area (Å²) in [6.45, 7) is 0.741. The van der Waals surface area contributed by atoms with Gasteiger partial charge in [0.15, 0.2) is 0 Å². The summed E-state index contributed by atoms with van der Waals surface area (Å²) in [6, 6.07) is 8.23. The molecule has 2 aromatic heterocycles. The number of pyridine rings is 2. The van der Waals surface area contributed by atoms with Crippen molar-refractivity contribution in [3.8, 4) is 17.0 Å². The second-order valence-electron chi connectivity index (χ2n) is 5.25. The van der Waals surface area contributed by atoms with Crippen LogP contribution in [0.4, 0.5) is 8.78 Å². The molecule has 3 aromatic rings. The number of ether oxygens (including phenoxy) is 1. The van der Waals surface area contributed by atoms with Gasteiger partial charge in [0.2, 0.25) is 0 Å². The summed E-state index contributed by atoms with van der Waals surface area (Å²) in [6.07, 6.45) is 1.55. The Morgan fingerprint density at radius 3 is 2.65 bits per heavy atom. The van der Waals surface area contributed by atoms with Crippen LogP contribution in [0.25, 0.3) is 22.2 Å². The molecule has 0 atom stereocenters. The molecule has 1 aromatic carbocycles. The van der Waals surface area contributed by atoms with Crippen LogP contribution < -0.4 is 10.3 Å². The van der Waals surface area contributed by atoms with Crippen molar-refractivity contribution in [2.24, 2.45) is 0 Å². The van der Waals surface area contributed by atoms with Crippen LogP contribution in [-0.4, -0.2) is 16.6 Å². The van der Waals surface area contributed by atoms with Gasteiger partial charge in [0.1, 0.15) is 5.75 Å². The molecule has 0 aliphatic carbocycles. The molecule has 0 amide bonds. The number of aryl methyl sites for hydroxylation is 2. The lowest BCUT2D eigenvalue weighted by molar-refractivity contribution is -0.0497. The molecule has 2 heterocycles. The van der Waals surface area contributed by atoms with Crippen molar-refractivity contribution in [2.75, 3.05) is 0 Å². The van der Waals surface area contributed by atoms with Crippen molar-refractivity contribution in [1.29, 1.82) is 0 Å². The smallest absolute Gasteiger partial charge is 0.387 e. The van der Waals surface area contributed by atoms with Gasteiger partial charge in [0.05, 0.1) is 16.8 Å². The highest BCUT2D eigenvalue weighted by Crippen LogP contribution is 2.29. The molecule has 3 rings (SSSR count). The summed E-state index contributed by atoms with van der Waals surface area (Å²) in [5.41, 5.74) is 2.97. The highest BCUT2D eigenvalue weighted by molar-refractivity contribution is 5.88. The van der Waals surface area contributed by atoms with E-state index >= 15 is 0 Å². The fourth-order valence-electron chi connectivity index (χ4n) is 2.56. The van der Waals surface area contributed by atoms with Crippen LogP contribution in [0.5, 0.6) is 5.75 Å². The quantitative estimate of drug-likeness (QED) is 0.799. The molecule has 0 aliphatic rings. The van der Waals surface area contributed by atoms with Crippen LogP contribution in [0.3, 0.4) is 0 Å². The van der Waals surface area contributed by atoms with Gasteiger partial charge in [0.25, 0.3) is 5.56 Å². The molecule has 0 saturated heterocycles. The third-order valence-corrected chi connectivity index (χ3v) is 3.60. The highest BCUT2D eigenvalue weighted by atomic mass is 19.3. The number of aromatic nitrogens is 2. The number of aromatic amines is 1. The van der Waals surface area contributed by atoms with Gasteiger partial charge in [0, 0.05) is 11.6 Å². The first-order chi connectivity index (χ1) is 11.0. The number of nitrogens with zero attached hydrogens (tertiary/aromatic N) is 1. The van der Waals surface area contributed by atoms with Gasteiger partial charge in [-0.25, -0.2) is 4.98 Å². The van der Waals surface area contributed by atoms with Crippen LogP contribution in [0, 0.1) is 13.8 Å². The van der Waals surface area contributed by atoms with Gasteiger partial charge >= 0.3 is 6.61 Å². The van der Waals surface area contributed by atoms with E-state index < -0.39 is 6.61 Å². The van der Waals surface area contributed by atoms with Gasteiger partial charge in [-0.3, -0.25) is 4.79 Å². The Morgan fingerprint density at radius 1 is 1.17 bits per heavy atom. The summed E-state index contributed by atoms with van der Waals surface area (Å²) in [4.78, 5) is 19.1. The standard InChI is InChI=1S/C17H14F2N2O2/c1-9-7-14(12-4-3-5-20-16(12)22)21-15-10(2)6-11(8-13(9)15)23-17(18)19/h3-8,17H,1-2H3,(H,20,22). The summed E-state index contributed by atoms with van der Waals surface area (Å²) >= 11 is 0. The van der Waals surface area contributed by atoms with Crippen molar-refractivity contribution in [2.45, 2.75) is 20.5 Å². The molecule has 0 aliphatic heterocycles. The summed E-state index contributed by atoms with van der Waals surface area (Å²) in [5.74, 6) is 0.0974. The Kier molecular flexibility index (Phi) is 3.82. The van der Waals surface area contributed by atoms with Gasteiger partial charge < -0.3 is 9.72 Å². The number of fused-ring (bicyclic) bond motifs is 1. The fraction of sp³-hybridized carbons (Fsp3) is 0.176. The van der Waals surface area contributed by atoms with Gasteiger partial charge in [-0.15, -0.1) is 0 Å². The van der Waals surface area contributed by atoms with E-state index in [9.17, 15) is 13.6 Å². The highest BCUT2D eigenvalue weighted by Gasteiger charge is 2.12. The van der Waals surface area contributed by atoms with E-state index in [1.807, 2.05) is 6.92 Å². The Labute approximate surface area is 130 Å². The molecule has 118 valence electrons. The minimum Gasteiger partial charge on any atom is -0.435 e. The lowest BCUT2D eigenvalue weighted by Gasteiger charge is -2.11. The first-order valence-corrected chi connectivity index (χ1v) is 7.00. The molecule has 0 unspecified atom stereocenters. The number of hydrogen-bond donors (Lipinski definition) is 1. The molecular weight excluding hydrogens is 302 g/mol. The number of halogens is 2. The maximum absolute atomic E-state index is 12.4. The second kappa shape index (κ2) is 5.79. The molecule has 4 nitrogen and oxygen atoms in total. The number of alkyl halides is 2. The first-order valence-electron chi connectivity index (χ1n) is 7.00. The lowest BCUT2D eigenvalue weighted by atomic mass is 10.0. The SMILES string of the molecule is Cc1cc(-c2ccc[nH]c2=O)nc2c(C)cc(OC(F)F)cc12. The van der Waals surface area contributed by atoms with Crippen LogP contribution in [0.1, 0.15) is 11.1 Å². The van der Waals surface area contributed by atoms with Crippen molar-refractivity contribution >= 4 is 10.9 Å². The predicted octanol–water partition coefficient (Wildman–Crippen LogP) is 3.81. The average Bonchev–Trinajstić information content (AvgIpc) is 2.48. The van der Waals surface area contributed by atoms with E-state index in [4.69, 9.17) is 0 Å². The monoisotopic (exact) mass is 316 g/mol. The Balaban J connectivity index is 2.21. The number of hydrogen-bond acceptors (Lipinski definition) is 3. The topological polar surface area (TPSA) is 55.0 Å². The van der Waals surface area contributed by atoms with E-state index in [2.05, 4.69) is 14.7 Å². The first kappa shape index (κ1) is 15.1. The van der Waals surface area contributed by atoms with Crippen LogP contribution in [0.2, 0.25) is 0 Å². The van der Waals surface area contributed by atoms with Gasteiger partial charge in [-0.1, -0.05) is 0 Å². The maximum atomic E-state index is 12.4. The third-order valence-electron chi connectivity index (χ3n) is 3.60. The molecule has 23 heavy (non-hydrogen) atoms. The van der Waals surface area contributed by atoms with E-state index in [1.54, 1.807) is 31.3 Å². The summed E-state index contributed by atoms with van der Waals surface area (Å²) in [7, 11) is 0. The van der Waals surface area contributed by atoms with Crippen molar-refractivity contribution in [3.63, 3.8) is 0 Å². The molecular formula is C17H14F2N2O2. The Bertz CT molecular complexity index is 936. The van der Waals surface area contributed by atoms with Crippen LogP contribution in [-0.2, 0) is 0 Å². The number of benzene rings is 1. The number of rotatable bonds is 3. The van der Waals surface area contributed by atoms with E-state index in [1.165, 1.54) is 12.1 Å². The lowest BCUT2D eigenvalue weighted by Crippen LogP contribution is -2.08. The fourth-order valence-corrected chi connectivity index (χ4v) is 2.56. The van der Waals surface area contributed by atoms with Crippen LogP contribution >= 0.6 is 0 Å². The van der Waals surface area contributed by atoms with E-state index in [0.29, 0.717) is 22.3 Å². The third kappa shape index (κ3) is 2.92. The minimum atomic E-state index is -2.87. The molecule has 0 radical (unpaired) electrons. The maximum Gasteiger partial charge on any atom is 0.387 e. The van der Waals surface area contributed by atoms with Crippen molar-refractivity contribution in [1.82, 2.24) is 9.97 Å². The average molecular weight is 316 g/mol. The number of nitrogens with one attached hydrogen (secondary N) is 1.